The fraction of sp³-hybridized carbons (Fsp3) is 0.176. The van der Waals surface area contributed by atoms with E-state index in [1.807, 2.05) is 30.6 Å². The summed E-state index contributed by atoms with van der Waals surface area (Å²) in [5.74, 6) is 0. The molecule has 0 aliphatic rings. The number of nitrogens with zero attached hydrogens (tertiary/aromatic N) is 2. The van der Waals surface area contributed by atoms with Crippen LogP contribution in [0.25, 0.3) is 11.0 Å². The van der Waals surface area contributed by atoms with E-state index in [0.29, 0.717) is 22.3 Å². The van der Waals surface area contributed by atoms with Crippen LogP contribution in [-0.4, -0.2) is 22.1 Å². The van der Waals surface area contributed by atoms with Crippen LogP contribution in [0.4, 0.5) is 10.5 Å². The van der Waals surface area contributed by atoms with Crippen molar-refractivity contribution in [2.75, 3.05) is 11.9 Å². The molecule has 24 heavy (non-hydrogen) atoms. The van der Waals surface area contributed by atoms with Crippen molar-refractivity contribution in [3.05, 3.63) is 58.8 Å². The van der Waals surface area contributed by atoms with E-state index in [0.717, 1.165) is 24.0 Å². The Bertz CT molecular complexity index is 863. The molecule has 3 rings (SSSR count). The van der Waals surface area contributed by atoms with Crippen molar-refractivity contribution in [1.29, 1.82) is 0 Å². The summed E-state index contributed by atoms with van der Waals surface area (Å²) < 4.78 is 2.08. The lowest BCUT2D eigenvalue weighted by Crippen LogP contribution is -2.30. The van der Waals surface area contributed by atoms with Crippen molar-refractivity contribution < 1.29 is 4.79 Å². The molecule has 2 aromatic carbocycles. The van der Waals surface area contributed by atoms with Gasteiger partial charge in [0.25, 0.3) is 0 Å². The van der Waals surface area contributed by atoms with E-state index < -0.39 is 0 Å². The minimum Gasteiger partial charge on any atom is -0.338 e. The maximum atomic E-state index is 11.9. The third-order valence-corrected chi connectivity index (χ3v) is 4.31. The van der Waals surface area contributed by atoms with Gasteiger partial charge < -0.3 is 15.2 Å². The monoisotopic (exact) mass is 362 g/mol. The van der Waals surface area contributed by atoms with Crippen LogP contribution < -0.4 is 10.6 Å². The van der Waals surface area contributed by atoms with Crippen LogP contribution >= 0.6 is 23.2 Å². The molecule has 0 aliphatic carbocycles. The van der Waals surface area contributed by atoms with E-state index in [9.17, 15) is 4.79 Å². The maximum absolute atomic E-state index is 11.9. The summed E-state index contributed by atoms with van der Waals surface area (Å²) in [6.45, 7) is 1.34. The van der Waals surface area contributed by atoms with Gasteiger partial charge in [-0.05, 0) is 36.8 Å². The number of fused-ring (bicyclic) bond motifs is 1. The van der Waals surface area contributed by atoms with Crippen molar-refractivity contribution in [3.63, 3.8) is 0 Å². The summed E-state index contributed by atoms with van der Waals surface area (Å²) in [6.07, 6.45) is 2.62. The minimum absolute atomic E-state index is 0.274. The van der Waals surface area contributed by atoms with E-state index in [-0.39, 0.29) is 6.03 Å². The number of hydrogen-bond donors (Lipinski definition) is 2. The molecule has 0 saturated heterocycles. The maximum Gasteiger partial charge on any atom is 0.319 e. The van der Waals surface area contributed by atoms with Crippen molar-refractivity contribution in [1.82, 2.24) is 14.9 Å². The molecule has 1 heterocycles. The Morgan fingerprint density at radius 1 is 1.12 bits per heavy atom. The highest BCUT2D eigenvalue weighted by Crippen LogP contribution is 2.24. The van der Waals surface area contributed by atoms with E-state index in [1.165, 1.54) is 0 Å². The molecule has 0 saturated carbocycles. The molecule has 5 nitrogen and oxygen atoms in total. The topological polar surface area (TPSA) is 59.0 Å². The van der Waals surface area contributed by atoms with Crippen LogP contribution in [0.3, 0.4) is 0 Å². The van der Waals surface area contributed by atoms with Crippen molar-refractivity contribution in [2.45, 2.75) is 13.0 Å². The number of imidazole rings is 1. The largest absolute Gasteiger partial charge is 0.338 e. The summed E-state index contributed by atoms with van der Waals surface area (Å²) in [4.78, 5) is 16.2. The molecular weight excluding hydrogens is 347 g/mol. The number of anilines is 1. The normalized spacial score (nSPS) is 10.8. The number of urea groups is 1. The Balaban J connectivity index is 1.46. The third-order valence-electron chi connectivity index (χ3n) is 3.57. The van der Waals surface area contributed by atoms with E-state index in [1.54, 1.807) is 18.2 Å². The predicted octanol–water partition coefficient (Wildman–Crippen LogP) is 4.55. The van der Waals surface area contributed by atoms with Gasteiger partial charge in [-0.15, -0.1) is 0 Å². The van der Waals surface area contributed by atoms with Gasteiger partial charge in [0.15, 0.2) is 0 Å². The Hall–Kier alpha value is -2.24. The van der Waals surface area contributed by atoms with E-state index >= 15 is 0 Å². The number of para-hydroxylation sites is 2. The standard InChI is InChI=1S/C17H16Cl2N4O/c18-13-7-6-12(10-14(13)19)22-17(24)20-8-3-9-23-11-21-15-4-1-2-5-16(15)23/h1-2,4-7,10-11H,3,8-9H2,(H2,20,22,24). The van der Waals surface area contributed by atoms with E-state index in [4.69, 9.17) is 23.2 Å². The number of nitrogens with one attached hydrogen (secondary N) is 2. The Morgan fingerprint density at radius 3 is 2.79 bits per heavy atom. The minimum atomic E-state index is -0.274. The average molecular weight is 363 g/mol. The highest BCUT2D eigenvalue weighted by atomic mass is 35.5. The number of rotatable bonds is 5. The molecule has 3 aromatic rings. The third kappa shape index (κ3) is 3.99. The van der Waals surface area contributed by atoms with Gasteiger partial charge in [0, 0.05) is 18.8 Å². The van der Waals surface area contributed by atoms with Gasteiger partial charge in [-0.1, -0.05) is 35.3 Å². The summed E-state index contributed by atoms with van der Waals surface area (Å²) in [7, 11) is 0. The van der Waals surface area contributed by atoms with Crippen LogP contribution in [0.1, 0.15) is 6.42 Å². The first kappa shape index (κ1) is 16.6. The molecule has 0 atom stereocenters. The van der Waals surface area contributed by atoms with Crippen LogP contribution in [0.15, 0.2) is 48.8 Å². The van der Waals surface area contributed by atoms with Crippen molar-refractivity contribution in [2.24, 2.45) is 0 Å². The predicted molar refractivity (Wildman–Crippen MR) is 97.8 cm³/mol. The van der Waals surface area contributed by atoms with Crippen LogP contribution in [0.5, 0.6) is 0 Å². The number of aromatic nitrogens is 2. The molecule has 0 unspecified atom stereocenters. The molecule has 2 N–H and O–H groups in total. The second-order valence-electron chi connectivity index (χ2n) is 5.29. The summed E-state index contributed by atoms with van der Waals surface area (Å²) in [6, 6.07) is 12.7. The van der Waals surface area contributed by atoms with Crippen LogP contribution in [0.2, 0.25) is 10.0 Å². The zero-order valence-corrected chi connectivity index (χ0v) is 14.3. The molecular formula is C17H16Cl2N4O. The Morgan fingerprint density at radius 2 is 1.96 bits per heavy atom. The van der Waals surface area contributed by atoms with Crippen LogP contribution in [0, 0.1) is 0 Å². The first-order valence-electron chi connectivity index (χ1n) is 7.53. The molecule has 0 radical (unpaired) electrons. The quantitative estimate of drug-likeness (QED) is 0.653. The highest BCUT2D eigenvalue weighted by Gasteiger charge is 2.05. The molecule has 1 aromatic heterocycles. The lowest BCUT2D eigenvalue weighted by atomic mass is 10.3. The number of halogens is 2. The van der Waals surface area contributed by atoms with Crippen LogP contribution in [-0.2, 0) is 6.54 Å². The first-order valence-corrected chi connectivity index (χ1v) is 8.29. The van der Waals surface area contributed by atoms with Gasteiger partial charge in [-0.2, -0.15) is 0 Å². The molecule has 2 amide bonds. The summed E-state index contributed by atoms with van der Waals surface area (Å²) in [5, 5.41) is 6.39. The van der Waals surface area contributed by atoms with Crippen molar-refractivity contribution >= 4 is 46.0 Å². The SMILES string of the molecule is O=C(NCCCn1cnc2ccccc21)Nc1ccc(Cl)c(Cl)c1. The number of amides is 2. The fourth-order valence-electron chi connectivity index (χ4n) is 2.39. The van der Waals surface area contributed by atoms with Crippen molar-refractivity contribution in [3.8, 4) is 0 Å². The zero-order valence-electron chi connectivity index (χ0n) is 12.8. The molecule has 0 aliphatic heterocycles. The van der Waals surface area contributed by atoms with Gasteiger partial charge >= 0.3 is 6.03 Å². The molecule has 0 bridgehead atoms. The zero-order chi connectivity index (χ0) is 16.9. The van der Waals surface area contributed by atoms with Gasteiger partial charge in [0.05, 0.1) is 27.4 Å². The summed E-state index contributed by atoms with van der Waals surface area (Å²) in [5.41, 5.74) is 2.67. The second-order valence-corrected chi connectivity index (χ2v) is 6.10. The highest BCUT2D eigenvalue weighted by molar-refractivity contribution is 6.42. The Labute approximate surface area is 149 Å². The lowest BCUT2D eigenvalue weighted by Gasteiger charge is -2.09. The molecule has 0 spiro atoms. The number of hydrogen-bond acceptors (Lipinski definition) is 2. The number of benzene rings is 2. The number of carbonyl (C=O) groups excluding carboxylic acids is 1. The van der Waals surface area contributed by atoms with Gasteiger partial charge in [0.2, 0.25) is 0 Å². The first-order chi connectivity index (χ1) is 11.6. The van der Waals surface area contributed by atoms with Gasteiger partial charge in [-0.25, -0.2) is 9.78 Å². The lowest BCUT2D eigenvalue weighted by molar-refractivity contribution is 0.252. The summed E-state index contributed by atoms with van der Waals surface area (Å²) >= 11 is 11.8. The van der Waals surface area contributed by atoms with E-state index in [2.05, 4.69) is 20.2 Å². The Kier molecular flexibility index (Phi) is 5.23. The fourth-order valence-corrected chi connectivity index (χ4v) is 2.69. The molecule has 124 valence electrons. The van der Waals surface area contributed by atoms with Gasteiger partial charge in [0.1, 0.15) is 0 Å². The number of aryl methyl sites for hydroxylation is 1. The second kappa shape index (κ2) is 7.55. The van der Waals surface area contributed by atoms with Gasteiger partial charge in [-0.3, -0.25) is 0 Å². The smallest absolute Gasteiger partial charge is 0.319 e. The average Bonchev–Trinajstić information content (AvgIpc) is 2.98. The molecule has 7 heteroatoms. The molecule has 0 fully saturated rings. The number of carbonyl (C=O) groups is 1.